The maximum absolute atomic E-state index is 11.5. The second-order valence-electron chi connectivity index (χ2n) is 2.80. The van der Waals surface area contributed by atoms with Gasteiger partial charge in [-0.2, -0.15) is 0 Å². The van der Waals surface area contributed by atoms with E-state index in [0.717, 1.165) is 12.2 Å². The van der Waals surface area contributed by atoms with Crippen LogP contribution in [0.3, 0.4) is 0 Å². The van der Waals surface area contributed by atoms with Gasteiger partial charge in [0.05, 0.1) is 17.2 Å². The molecule has 0 fully saturated rings. The zero-order valence-corrected chi connectivity index (χ0v) is 11.0. The van der Waals surface area contributed by atoms with E-state index in [9.17, 15) is 4.79 Å². The molecule has 1 rings (SSSR count). The monoisotopic (exact) mass is 280 g/mol. The van der Waals surface area contributed by atoms with Crippen LogP contribution in [0, 0.1) is 0 Å². The number of halogens is 2. The number of amides is 2. The Hall–Kier alpha value is -0.620. The summed E-state index contributed by atoms with van der Waals surface area (Å²) in [6.45, 7) is 0. The van der Waals surface area contributed by atoms with Crippen LogP contribution in [0.2, 0.25) is 10.0 Å². The van der Waals surface area contributed by atoms with E-state index in [-0.39, 0.29) is 6.03 Å². The molecule has 1 aromatic rings. The summed E-state index contributed by atoms with van der Waals surface area (Å²) in [6, 6.07) is 4.54. The third-order valence-corrected chi connectivity index (χ3v) is 2.92. The van der Waals surface area contributed by atoms with Gasteiger partial charge in [0.1, 0.15) is 12.2 Å². The lowest BCUT2D eigenvalue weighted by Gasteiger charge is -2.14. The van der Waals surface area contributed by atoms with Crippen molar-refractivity contribution in [2.24, 2.45) is 0 Å². The molecule has 0 heterocycles. The van der Waals surface area contributed by atoms with Crippen molar-refractivity contribution in [2.75, 3.05) is 19.5 Å². The molecule has 0 aliphatic heterocycles. The van der Waals surface area contributed by atoms with Crippen molar-refractivity contribution in [3.63, 3.8) is 0 Å². The molecular weight excluding hydrogens is 271 g/mol. The molecule has 0 spiro atoms. The van der Waals surface area contributed by atoms with Crippen LogP contribution >= 0.6 is 35.4 Å². The molecule has 0 bridgehead atoms. The van der Waals surface area contributed by atoms with Crippen molar-refractivity contribution in [3.8, 4) is 0 Å². The number of hydrogen-bond acceptors (Lipinski definition) is 3. The number of urea groups is 1. The highest BCUT2D eigenvalue weighted by atomic mass is 35.5. The molecule has 0 aromatic heterocycles. The lowest BCUT2D eigenvalue weighted by atomic mass is 10.3. The first-order valence-electron chi connectivity index (χ1n) is 4.25. The van der Waals surface area contributed by atoms with Gasteiger partial charge < -0.3 is 5.32 Å². The summed E-state index contributed by atoms with van der Waals surface area (Å²) < 4.78 is 6.05. The molecule has 2 amide bonds. The van der Waals surface area contributed by atoms with Crippen molar-refractivity contribution in [1.29, 1.82) is 0 Å². The smallest absolute Gasteiger partial charge is 0.307 e. The van der Waals surface area contributed by atoms with Crippen molar-refractivity contribution >= 4 is 47.1 Å². The van der Waals surface area contributed by atoms with Crippen LogP contribution < -0.4 is 5.32 Å². The number of carbonyl (C=O) groups excluding carboxylic acids is 1. The fourth-order valence-electron chi connectivity index (χ4n) is 0.922. The standard InChI is InChI=1S/C9H10Cl2N2O2S/c1-13(16-15-2)9(14)12-6-3-4-7(10)8(11)5-6/h3-5H,1-2H3,(H,12,14). The molecule has 4 nitrogen and oxygen atoms in total. The van der Waals surface area contributed by atoms with Crippen molar-refractivity contribution in [2.45, 2.75) is 0 Å². The van der Waals surface area contributed by atoms with Gasteiger partial charge in [0, 0.05) is 12.7 Å². The summed E-state index contributed by atoms with van der Waals surface area (Å²) in [5.74, 6) is 0. The molecule has 0 saturated heterocycles. The van der Waals surface area contributed by atoms with E-state index < -0.39 is 0 Å². The minimum atomic E-state index is -0.315. The maximum Gasteiger partial charge on any atom is 0.333 e. The maximum atomic E-state index is 11.5. The molecule has 1 aromatic carbocycles. The topological polar surface area (TPSA) is 41.6 Å². The predicted molar refractivity (Wildman–Crippen MR) is 67.8 cm³/mol. The number of anilines is 1. The van der Waals surface area contributed by atoms with Gasteiger partial charge in [0.15, 0.2) is 0 Å². The van der Waals surface area contributed by atoms with Gasteiger partial charge in [-0.1, -0.05) is 23.2 Å². The minimum Gasteiger partial charge on any atom is -0.307 e. The number of benzene rings is 1. The van der Waals surface area contributed by atoms with Crippen molar-refractivity contribution < 1.29 is 8.98 Å². The largest absolute Gasteiger partial charge is 0.333 e. The Labute approximate surface area is 108 Å². The lowest BCUT2D eigenvalue weighted by Crippen LogP contribution is -2.25. The van der Waals surface area contributed by atoms with E-state index in [2.05, 4.69) is 5.32 Å². The van der Waals surface area contributed by atoms with Crippen LogP contribution in [0.15, 0.2) is 18.2 Å². The van der Waals surface area contributed by atoms with Crippen molar-refractivity contribution in [3.05, 3.63) is 28.2 Å². The summed E-state index contributed by atoms with van der Waals surface area (Å²) in [7, 11) is 3.06. The van der Waals surface area contributed by atoms with Crippen LogP contribution in [-0.4, -0.2) is 24.5 Å². The molecule has 16 heavy (non-hydrogen) atoms. The quantitative estimate of drug-likeness (QED) is 0.679. The number of nitrogens with zero attached hydrogens (tertiary/aromatic N) is 1. The average molecular weight is 281 g/mol. The average Bonchev–Trinajstić information content (AvgIpc) is 2.24. The SMILES string of the molecule is COSN(C)C(=O)Nc1ccc(Cl)c(Cl)c1. The van der Waals surface area contributed by atoms with Gasteiger partial charge in [0.2, 0.25) is 0 Å². The van der Waals surface area contributed by atoms with Crippen LogP contribution in [0.1, 0.15) is 0 Å². The fourth-order valence-corrected chi connectivity index (χ4v) is 1.56. The summed E-state index contributed by atoms with van der Waals surface area (Å²) >= 11 is 12.5. The molecule has 0 aliphatic carbocycles. The second-order valence-corrected chi connectivity index (χ2v) is 4.64. The van der Waals surface area contributed by atoms with Crippen LogP contribution in [0.25, 0.3) is 0 Å². The predicted octanol–water partition coefficient (Wildman–Crippen LogP) is 3.67. The minimum absolute atomic E-state index is 0.315. The third kappa shape index (κ3) is 3.75. The number of nitrogens with one attached hydrogen (secondary N) is 1. The Balaban J connectivity index is 2.66. The van der Waals surface area contributed by atoms with Gasteiger partial charge >= 0.3 is 6.03 Å². The highest BCUT2D eigenvalue weighted by Gasteiger charge is 2.10. The van der Waals surface area contributed by atoms with Gasteiger partial charge in [0.25, 0.3) is 0 Å². The number of hydrogen-bond donors (Lipinski definition) is 1. The molecule has 0 saturated carbocycles. The fraction of sp³-hybridized carbons (Fsp3) is 0.222. The normalized spacial score (nSPS) is 10.0. The summed E-state index contributed by atoms with van der Waals surface area (Å²) in [6.07, 6.45) is 0. The van der Waals surface area contributed by atoms with Crippen LogP contribution in [0.5, 0.6) is 0 Å². The van der Waals surface area contributed by atoms with Gasteiger partial charge in [-0.25, -0.2) is 9.10 Å². The molecule has 0 atom stereocenters. The summed E-state index contributed by atoms with van der Waals surface area (Å²) in [5, 5.41) is 3.47. The molecule has 7 heteroatoms. The van der Waals surface area contributed by atoms with Crippen LogP contribution in [-0.2, 0) is 4.18 Å². The molecule has 1 N–H and O–H groups in total. The number of carbonyl (C=O) groups is 1. The van der Waals surface area contributed by atoms with Gasteiger partial charge in [-0.3, -0.25) is 4.18 Å². The Morgan fingerprint density at radius 2 is 2.12 bits per heavy atom. The van der Waals surface area contributed by atoms with E-state index >= 15 is 0 Å². The molecular formula is C9H10Cl2N2O2S. The molecule has 88 valence electrons. The summed E-state index contributed by atoms with van der Waals surface area (Å²) in [5.41, 5.74) is 0.572. The Morgan fingerprint density at radius 1 is 1.44 bits per heavy atom. The highest BCUT2D eigenvalue weighted by Crippen LogP contribution is 2.25. The Bertz CT molecular complexity index is 390. The zero-order chi connectivity index (χ0) is 12.1. The molecule has 0 unspecified atom stereocenters. The van der Waals surface area contributed by atoms with E-state index in [1.54, 1.807) is 25.2 Å². The Morgan fingerprint density at radius 3 is 2.69 bits per heavy atom. The van der Waals surface area contributed by atoms with Crippen molar-refractivity contribution in [1.82, 2.24) is 4.31 Å². The van der Waals surface area contributed by atoms with E-state index in [4.69, 9.17) is 27.4 Å². The lowest BCUT2D eigenvalue weighted by molar-refractivity contribution is 0.241. The van der Waals surface area contributed by atoms with Gasteiger partial charge in [-0.15, -0.1) is 0 Å². The number of rotatable bonds is 3. The zero-order valence-electron chi connectivity index (χ0n) is 8.66. The van der Waals surface area contributed by atoms with E-state index in [1.807, 2.05) is 0 Å². The first-order chi connectivity index (χ1) is 7.54. The molecule has 0 radical (unpaired) electrons. The van der Waals surface area contributed by atoms with Crippen LogP contribution in [0.4, 0.5) is 10.5 Å². The highest BCUT2D eigenvalue weighted by molar-refractivity contribution is 7.92. The second kappa shape index (κ2) is 6.20. The van der Waals surface area contributed by atoms with E-state index in [1.165, 1.54) is 11.4 Å². The third-order valence-electron chi connectivity index (χ3n) is 1.64. The molecule has 0 aliphatic rings. The van der Waals surface area contributed by atoms with Gasteiger partial charge in [-0.05, 0) is 18.2 Å². The van der Waals surface area contributed by atoms with E-state index in [0.29, 0.717) is 15.7 Å². The summed E-state index contributed by atoms with van der Waals surface area (Å²) in [4.78, 5) is 11.5. The first kappa shape index (κ1) is 13.4. The Kier molecular flexibility index (Phi) is 5.21. The first-order valence-corrected chi connectivity index (χ1v) is 5.70.